The molecule has 0 bridgehead atoms. The Bertz CT molecular complexity index is 1360. The molecule has 9 heteroatoms. The number of benzene rings is 2. The number of carbonyl (C=O) groups excluding carboxylic acids is 1. The second-order valence-electron chi connectivity index (χ2n) is 7.60. The number of nitrogens with zero attached hydrogens (tertiary/aromatic N) is 3. The van der Waals surface area contributed by atoms with Gasteiger partial charge in [0.05, 0.1) is 22.2 Å². The highest BCUT2D eigenvalue weighted by molar-refractivity contribution is 7.13. The number of thiophene rings is 1. The summed E-state index contributed by atoms with van der Waals surface area (Å²) in [5, 5.41) is 10.5. The molecule has 1 aliphatic rings. The number of aromatic nitrogens is 2. The van der Waals surface area contributed by atoms with Crippen LogP contribution in [0.25, 0.3) is 16.3 Å². The van der Waals surface area contributed by atoms with Crippen molar-refractivity contribution < 1.29 is 9.32 Å². The molecule has 0 fully saturated rings. The lowest BCUT2D eigenvalue weighted by Gasteiger charge is -2.35. The van der Waals surface area contributed by atoms with Crippen LogP contribution < -0.4 is 10.2 Å². The summed E-state index contributed by atoms with van der Waals surface area (Å²) < 4.78 is 5.70. The van der Waals surface area contributed by atoms with Crippen LogP contribution in [0.15, 0.2) is 70.2 Å². The fourth-order valence-electron chi connectivity index (χ4n) is 3.84. The fraction of sp³-hybridized carbons (Fsp3) is 0.125. The van der Waals surface area contributed by atoms with Gasteiger partial charge in [-0.15, -0.1) is 11.3 Å². The van der Waals surface area contributed by atoms with E-state index in [9.17, 15) is 4.79 Å². The van der Waals surface area contributed by atoms with Gasteiger partial charge < -0.3 is 9.84 Å². The molecule has 1 N–H and O–H groups in total. The molecule has 166 valence electrons. The van der Waals surface area contributed by atoms with Crippen LogP contribution >= 0.6 is 34.5 Å². The summed E-state index contributed by atoms with van der Waals surface area (Å²) in [5.41, 5.74) is 3.80. The van der Waals surface area contributed by atoms with E-state index in [1.165, 1.54) is 11.3 Å². The first-order chi connectivity index (χ1) is 15.9. The zero-order valence-corrected chi connectivity index (χ0v) is 20.0. The van der Waals surface area contributed by atoms with Crippen LogP contribution in [0, 0.1) is 6.92 Å². The minimum atomic E-state index is -0.490. The number of nitrogens with one attached hydrogen (secondary N) is 1. The van der Waals surface area contributed by atoms with Crippen molar-refractivity contribution in [3.63, 3.8) is 0 Å². The number of amides is 2. The summed E-state index contributed by atoms with van der Waals surface area (Å²) in [7, 11) is 0. The Hall–Kier alpha value is -3.13. The number of anilines is 1. The van der Waals surface area contributed by atoms with E-state index in [1.807, 2.05) is 55.6 Å². The van der Waals surface area contributed by atoms with Crippen molar-refractivity contribution in [1.29, 1.82) is 0 Å². The quantitative estimate of drug-likeness (QED) is 0.326. The van der Waals surface area contributed by atoms with Gasteiger partial charge in [0, 0.05) is 15.7 Å². The molecule has 0 spiro atoms. The molecule has 0 saturated heterocycles. The maximum Gasteiger partial charge on any atom is 0.326 e. The summed E-state index contributed by atoms with van der Waals surface area (Å²) >= 11 is 13.8. The molecule has 4 aromatic rings. The maximum atomic E-state index is 13.3. The molecule has 1 unspecified atom stereocenters. The molecule has 2 aromatic carbocycles. The molecule has 1 aliphatic heterocycles. The minimum Gasteiger partial charge on any atom is -0.334 e. The van der Waals surface area contributed by atoms with Crippen LogP contribution in [0.3, 0.4) is 0 Å². The van der Waals surface area contributed by atoms with Gasteiger partial charge in [0.2, 0.25) is 5.82 Å². The van der Waals surface area contributed by atoms with Gasteiger partial charge in [0.15, 0.2) is 0 Å². The summed E-state index contributed by atoms with van der Waals surface area (Å²) in [5.74, 6) is 0.840. The number of hydrogen-bond donors (Lipinski definition) is 1. The van der Waals surface area contributed by atoms with Gasteiger partial charge in [-0.25, -0.2) is 4.79 Å². The Morgan fingerprint density at radius 1 is 1.09 bits per heavy atom. The van der Waals surface area contributed by atoms with Crippen LogP contribution in [-0.2, 0) is 0 Å². The standard InChI is InChI=1S/C24H18Cl2N4O2S/c1-13-12-17(9-10-18(13)26)30-14(2)20(23-28-22(29-32-23)19-4-3-11-33-19)21(27-24(30)31)15-5-7-16(25)8-6-15/h3-12,21H,1-2H3,(H,27,31). The number of carbonyl (C=O) groups is 1. The van der Waals surface area contributed by atoms with Crippen molar-refractivity contribution in [3.8, 4) is 10.7 Å². The van der Waals surface area contributed by atoms with Gasteiger partial charge in [-0.2, -0.15) is 4.98 Å². The smallest absolute Gasteiger partial charge is 0.326 e. The molecular formula is C24H18Cl2N4O2S. The molecule has 1 atom stereocenters. The van der Waals surface area contributed by atoms with E-state index in [4.69, 9.17) is 27.7 Å². The number of hydrogen-bond acceptors (Lipinski definition) is 5. The predicted octanol–water partition coefficient (Wildman–Crippen LogP) is 7.12. The lowest BCUT2D eigenvalue weighted by atomic mass is 9.94. The molecule has 0 aliphatic carbocycles. The molecule has 2 amide bonds. The first-order valence-corrected chi connectivity index (χ1v) is 11.8. The van der Waals surface area contributed by atoms with E-state index < -0.39 is 6.04 Å². The van der Waals surface area contributed by atoms with E-state index in [1.54, 1.807) is 23.1 Å². The molecule has 3 heterocycles. The van der Waals surface area contributed by atoms with Gasteiger partial charge in [-0.3, -0.25) is 4.90 Å². The summed E-state index contributed by atoms with van der Waals surface area (Å²) in [6, 6.07) is 15.9. The SMILES string of the molecule is CC1=C(c2nc(-c3cccs3)no2)C(c2ccc(Cl)cc2)NC(=O)N1c1ccc(Cl)c(C)c1. The monoisotopic (exact) mass is 496 g/mol. The molecule has 0 radical (unpaired) electrons. The fourth-order valence-corrected chi connectivity index (χ4v) is 4.74. The van der Waals surface area contributed by atoms with Gasteiger partial charge in [-0.05, 0) is 66.8 Å². The van der Waals surface area contributed by atoms with Crippen molar-refractivity contribution in [2.24, 2.45) is 0 Å². The van der Waals surface area contributed by atoms with Crippen molar-refractivity contribution in [2.45, 2.75) is 19.9 Å². The number of allylic oxidation sites excluding steroid dienone is 1. The molecule has 0 saturated carbocycles. The predicted molar refractivity (Wildman–Crippen MR) is 132 cm³/mol. The van der Waals surface area contributed by atoms with Crippen LogP contribution in [0.4, 0.5) is 10.5 Å². The number of rotatable bonds is 4. The van der Waals surface area contributed by atoms with Gasteiger partial charge in [-0.1, -0.05) is 46.6 Å². The van der Waals surface area contributed by atoms with E-state index in [2.05, 4.69) is 15.5 Å². The highest BCUT2D eigenvalue weighted by Crippen LogP contribution is 2.40. The molecule has 2 aromatic heterocycles. The van der Waals surface area contributed by atoms with Crippen LogP contribution in [0.2, 0.25) is 10.0 Å². The third-order valence-corrected chi connectivity index (χ3v) is 7.03. The van der Waals surface area contributed by atoms with Gasteiger partial charge in [0.1, 0.15) is 0 Å². The summed E-state index contributed by atoms with van der Waals surface area (Å²) in [6.45, 7) is 3.77. The zero-order valence-electron chi connectivity index (χ0n) is 17.7. The van der Waals surface area contributed by atoms with Crippen molar-refractivity contribution in [3.05, 3.63) is 92.7 Å². The van der Waals surface area contributed by atoms with Crippen molar-refractivity contribution >= 4 is 51.8 Å². The van der Waals surface area contributed by atoms with E-state index >= 15 is 0 Å². The minimum absolute atomic E-state index is 0.268. The highest BCUT2D eigenvalue weighted by Gasteiger charge is 2.36. The van der Waals surface area contributed by atoms with Crippen LogP contribution in [0.5, 0.6) is 0 Å². The Labute approximate surface area is 204 Å². The van der Waals surface area contributed by atoms with Crippen LogP contribution in [0.1, 0.15) is 30.0 Å². The second kappa shape index (κ2) is 8.67. The van der Waals surface area contributed by atoms with E-state index in [0.717, 1.165) is 16.0 Å². The number of halogens is 2. The van der Waals surface area contributed by atoms with E-state index in [0.29, 0.717) is 38.7 Å². The summed E-state index contributed by atoms with van der Waals surface area (Å²) in [4.78, 5) is 20.4. The van der Waals surface area contributed by atoms with Gasteiger partial charge in [0.25, 0.3) is 5.89 Å². The third kappa shape index (κ3) is 4.04. The highest BCUT2D eigenvalue weighted by atomic mass is 35.5. The number of aryl methyl sites for hydroxylation is 1. The largest absolute Gasteiger partial charge is 0.334 e. The topological polar surface area (TPSA) is 71.3 Å². The third-order valence-electron chi connectivity index (χ3n) is 5.49. The Kier molecular flexibility index (Phi) is 5.70. The van der Waals surface area contributed by atoms with E-state index in [-0.39, 0.29) is 6.03 Å². The lowest BCUT2D eigenvalue weighted by molar-refractivity contribution is 0.244. The molecular weight excluding hydrogens is 479 g/mol. The Balaban J connectivity index is 1.67. The maximum absolute atomic E-state index is 13.3. The zero-order chi connectivity index (χ0) is 23.1. The molecule has 33 heavy (non-hydrogen) atoms. The average molecular weight is 497 g/mol. The normalized spacial score (nSPS) is 16.3. The van der Waals surface area contributed by atoms with Crippen LogP contribution in [-0.4, -0.2) is 16.2 Å². The van der Waals surface area contributed by atoms with Gasteiger partial charge >= 0.3 is 6.03 Å². The molecule has 5 rings (SSSR count). The lowest BCUT2D eigenvalue weighted by Crippen LogP contribution is -2.46. The molecule has 6 nitrogen and oxygen atoms in total. The first kappa shape index (κ1) is 21.7. The number of urea groups is 1. The summed E-state index contributed by atoms with van der Waals surface area (Å²) in [6.07, 6.45) is 0. The Morgan fingerprint density at radius 3 is 2.58 bits per heavy atom. The van der Waals surface area contributed by atoms with Crippen molar-refractivity contribution in [1.82, 2.24) is 15.5 Å². The Morgan fingerprint density at radius 2 is 1.88 bits per heavy atom. The second-order valence-corrected chi connectivity index (χ2v) is 9.39. The first-order valence-electron chi connectivity index (χ1n) is 10.1. The van der Waals surface area contributed by atoms with Crippen molar-refractivity contribution in [2.75, 3.05) is 4.90 Å². The average Bonchev–Trinajstić information content (AvgIpc) is 3.48.